The fourth-order valence-corrected chi connectivity index (χ4v) is 2.78. The molecule has 0 aliphatic carbocycles. The summed E-state index contributed by atoms with van der Waals surface area (Å²) in [5.41, 5.74) is 2.72. The highest BCUT2D eigenvalue weighted by Gasteiger charge is 2.20. The van der Waals surface area contributed by atoms with Gasteiger partial charge in [-0.25, -0.2) is 14.6 Å². The third kappa shape index (κ3) is 4.53. The van der Waals surface area contributed by atoms with Gasteiger partial charge in [0.05, 0.1) is 18.6 Å². The second-order valence-electron chi connectivity index (χ2n) is 6.61. The highest BCUT2D eigenvalue weighted by atomic mass is 16.2. The van der Waals surface area contributed by atoms with Gasteiger partial charge in [0.1, 0.15) is 0 Å². The molecule has 0 unspecified atom stereocenters. The van der Waals surface area contributed by atoms with Gasteiger partial charge < -0.3 is 25.4 Å². The fraction of sp³-hybridized carbons (Fsp3) is 0.389. The maximum Gasteiger partial charge on any atom is 0.319 e. The van der Waals surface area contributed by atoms with Gasteiger partial charge in [0.2, 0.25) is 0 Å². The highest BCUT2D eigenvalue weighted by Crippen LogP contribution is 2.12. The third-order valence-corrected chi connectivity index (χ3v) is 4.12. The van der Waals surface area contributed by atoms with Crippen molar-refractivity contribution >= 4 is 17.7 Å². The number of hydrogen-bond donors (Lipinski definition) is 3. The molecule has 4 amide bonds. The molecule has 1 aliphatic rings. The summed E-state index contributed by atoms with van der Waals surface area (Å²) in [7, 11) is 0. The van der Waals surface area contributed by atoms with E-state index in [0.717, 1.165) is 17.8 Å². The number of amides is 4. The van der Waals surface area contributed by atoms with Crippen molar-refractivity contribution < 1.29 is 9.59 Å². The van der Waals surface area contributed by atoms with E-state index in [4.69, 9.17) is 0 Å². The summed E-state index contributed by atoms with van der Waals surface area (Å²) in [6.07, 6.45) is 3.59. The Morgan fingerprint density at radius 1 is 1.19 bits per heavy atom. The first kappa shape index (κ1) is 17.8. The Morgan fingerprint density at radius 2 is 1.96 bits per heavy atom. The summed E-state index contributed by atoms with van der Waals surface area (Å²) in [5.74, 6) is 0. The number of hydrogen-bond acceptors (Lipinski definition) is 3. The molecule has 0 fully saturated rings. The molecule has 1 aromatic heterocycles. The van der Waals surface area contributed by atoms with Crippen LogP contribution in [-0.4, -0.2) is 39.1 Å². The molecule has 8 heteroatoms. The van der Waals surface area contributed by atoms with Crippen molar-refractivity contribution in [1.82, 2.24) is 25.1 Å². The molecule has 0 radical (unpaired) electrons. The molecule has 2 aromatic rings. The molecule has 138 valence electrons. The van der Waals surface area contributed by atoms with E-state index >= 15 is 0 Å². The van der Waals surface area contributed by atoms with Gasteiger partial charge in [0, 0.05) is 37.6 Å². The molecule has 3 N–H and O–H groups in total. The Morgan fingerprint density at radius 3 is 2.69 bits per heavy atom. The van der Waals surface area contributed by atoms with Crippen LogP contribution in [0.1, 0.15) is 25.1 Å². The number of urea groups is 2. The molecule has 1 aliphatic heterocycles. The van der Waals surface area contributed by atoms with Crippen LogP contribution in [0.3, 0.4) is 0 Å². The van der Waals surface area contributed by atoms with Gasteiger partial charge in [0.25, 0.3) is 0 Å². The van der Waals surface area contributed by atoms with Crippen LogP contribution in [0.5, 0.6) is 0 Å². The molecule has 0 atom stereocenters. The average molecular weight is 356 g/mol. The Hall–Kier alpha value is -3.03. The van der Waals surface area contributed by atoms with Crippen molar-refractivity contribution in [3.8, 4) is 0 Å². The van der Waals surface area contributed by atoms with E-state index in [2.05, 4.69) is 25.5 Å². The van der Waals surface area contributed by atoms with Gasteiger partial charge in [-0.05, 0) is 31.5 Å². The average Bonchev–Trinajstić information content (AvgIpc) is 3.07. The molecular weight excluding hydrogens is 332 g/mol. The lowest BCUT2D eigenvalue weighted by molar-refractivity contribution is 0.183. The lowest BCUT2D eigenvalue weighted by atomic mass is 10.2. The van der Waals surface area contributed by atoms with Crippen molar-refractivity contribution in [2.24, 2.45) is 0 Å². The third-order valence-electron chi connectivity index (χ3n) is 4.12. The van der Waals surface area contributed by atoms with Gasteiger partial charge >= 0.3 is 12.1 Å². The maximum absolute atomic E-state index is 12.3. The lowest BCUT2D eigenvalue weighted by Crippen LogP contribution is -2.43. The minimum atomic E-state index is -0.231. The number of carbonyl (C=O) groups is 2. The fourth-order valence-electron chi connectivity index (χ4n) is 2.78. The Kier molecular flexibility index (Phi) is 5.40. The van der Waals surface area contributed by atoms with Crippen LogP contribution in [0.4, 0.5) is 15.3 Å². The first-order chi connectivity index (χ1) is 12.5. The summed E-state index contributed by atoms with van der Waals surface area (Å²) in [5, 5.41) is 8.47. The topological polar surface area (TPSA) is 91.3 Å². The molecule has 2 heterocycles. The van der Waals surface area contributed by atoms with E-state index in [1.165, 1.54) is 0 Å². The van der Waals surface area contributed by atoms with Crippen LogP contribution < -0.4 is 16.0 Å². The van der Waals surface area contributed by atoms with Crippen LogP contribution >= 0.6 is 0 Å². The number of imidazole rings is 1. The number of aromatic nitrogens is 2. The first-order valence-electron chi connectivity index (χ1n) is 8.69. The summed E-state index contributed by atoms with van der Waals surface area (Å²) in [6, 6.07) is 7.17. The van der Waals surface area contributed by atoms with Crippen LogP contribution in [0.25, 0.3) is 0 Å². The number of benzene rings is 1. The normalized spacial score (nSPS) is 13.3. The van der Waals surface area contributed by atoms with Crippen molar-refractivity contribution in [3.63, 3.8) is 0 Å². The van der Waals surface area contributed by atoms with E-state index < -0.39 is 0 Å². The van der Waals surface area contributed by atoms with Crippen molar-refractivity contribution in [2.45, 2.75) is 39.5 Å². The van der Waals surface area contributed by atoms with Crippen LogP contribution in [0.15, 0.2) is 36.8 Å². The van der Waals surface area contributed by atoms with E-state index in [1.807, 2.05) is 38.1 Å². The summed E-state index contributed by atoms with van der Waals surface area (Å²) in [4.78, 5) is 29.9. The second-order valence-corrected chi connectivity index (χ2v) is 6.61. The smallest absolute Gasteiger partial charge is 0.319 e. The van der Waals surface area contributed by atoms with Gasteiger partial charge in [-0.15, -0.1) is 0 Å². The second kappa shape index (κ2) is 7.90. The van der Waals surface area contributed by atoms with Crippen molar-refractivity contribution in [1.29, 1.82) is 0 Å². The lowest BCUT2D eigenvalue weighted by Gasteiger charge is -2.28. The zero-order valence-electron chi connectivity index (χ0n) is 15.0. The van der Waals surface area contributed by atoms with E-state index in [1.54, 1.807) is 17.4 Å². The van der Waals surface area contributed by atoms with E-state index in [0.29, 0.717) is 25.3 Å². The molecule has 0 bridgehead atoms. The quantitative estimate of drug-likeness (QED) is 0.784. The highest BCUT2D eigenvalue weighted by molar-refractivity contribution is 5.89. The van der Waals surface area contributed by atoms with Crippen molar-refractivity contribution in [3.05, 3.63) is 48.0 Å². The monoisotopic (exact) mass is 356 g/mol. The molecule has 3 rings (SSSR count). The van der Waals surface area contributed by atoms with Crippen LogP contribution in [-0.2, 0) is 19.6 Å². The van der Waals surface area contributed by atoms with E-state index in [-0.39, 0.29) is 18.1 Å². The summed E-state index contributed by atoms with van der Waals surface area (Å²) >= 11 is 0. The van der Waals surface area contributed by atoms with Crippen molar-refractivity contribution in [2.75, 3.05) is 11.9 Å². The predicted molar refractivity (Wildman–Crippen MR) is 98.6 cm³/mol. The zero-order chi connectivity index (χ0) is 18.5. The molecule has 1 aromatic carbocycles. The van der Waals surface area contributed by atoms with Gasteiger partial charge in [-0.1, -0.05) is 12.1 Å². The molecule has 0 saturated heterocycles. The Bertz CT molecular complexity index is 768. The molecular formula is C18H24N6O2. The number of carbonyl (C=O) groups excluding carboxylic acids is 2. The minimum Gasteiger partial charge on any atom is -0.336 e. The van der Waals surface area contributed by atoms with Crippen LogP contribution in [0.2, 0.25) is 0 Å². The molecule has 0 saturated carbocycles. The summed E-state index contributed by atoms with van der Waals surface area (Å²) in [6.45, 7) is 6.25. The zero-order valence-corrected chi connectivity index (χ0v) is 15.0. The minimum absolute atomic E-state index is 0.0814. The van der Waals surface area contributed by atoms with Gasteiger partial charge in [-0.3, -0.25) is 0 Å². The standard InChI is InChI=1S/C18H24N6O2/c1-13(2)21-17(25)22-15-5-3-14(4-6-15)9-20-18(26)23-7-8-24-12-19-10-16(24)11-23/h3-6,10,12-13H,7-9,11H2,1-2H3,(H,20,26)(H2,21,22,25). The number of nitrogens with one attached hydrogen (secondary N) is 3. The molecule has 0 spiro atoms. The number of nitrogens with zero attached hydrogens (tertiary/aromatic N) is 3. The van der Waals surface area contributed by atoms with Gasteiger partial charge in [-0.2, -0.15) is 0 Å². The Balaban J connectivity index is 1.47. The first-order valence-corrected chi connectivity index (χ1v) is 8.69. The Labute approximate surface area is 152 Å². The SMILES string of the molecule is CC(C)NC(=O)Nc1ccc(CNC(=O)N2CCn3cncc3C2)cc1. The maximum atomic E-state index is 12.3. The predicted octanol–water partition coefficient (Wildman–Crippen LogP) is 2.14. The van der Waals surface area contributed by atoms with E-state index in [9.17, 15) is 9.59 Å². The number of fused-ring (bicyclic) bond motifs is 1. The largest absolute Gasteiger partial charge is 0.336 e. The summed E-state index contributed by atoms with van der Waals surface area (Å²) < 4.78 is 2.06. The number of rotatable bonds is 4. The van der Waals surface area contributed by atoms with Gasteiger partial charge in [0.15, 0.2) is 0 Å². The molecule has 8 nitrogen and oxygen atoms in total. The molecule has 26 heavy (non-hydrogen) atoms. The number of anilines is 1. The van der Waals surface area contributed by atoms with Crippen LogP contribution in [0, 0.1) is 0 Å².